The molecule has 0 radical (unpaired) electrons. The van der Waals surface area contributed by atoms with E-state index in [-0.39, 0.29) is 12.0 Å². The van der Waals surface area contributed by atoms with E-state index in [9.17, 15) is 4.79 Å². The van der Waals surface area contributed by atoms with Crippen LogP contribution in [0.2, 0.25) is 0 Å². The number of fused-ring (bicyclic) bond motifs is 1. The summed E-state index contributed by atoms with van der Waals surface area (Å²) in [6.45, 7) is 3.23. The Morgan fingerprint density at radius 2 is 2.39 bits per heavy atom. The SMILES string of the molecule is CC(O)CCNC(=O)c1ccc2c(c1)CCCN2. The van der Waals surface area contributed by atoms with E-state index in [1.54, 1.807) is 6.92 Å². The van der Waals surface area contributed by atoms with Gasteiger partial charge in [-0.15, -0.1) is 0 Å². The molecule has 3 N–H and O–H groups in total. The van der Waals surface area contributed by atoms with Crippen LogP contribution in [0.4, 0.5) is 5.69 Å². The number of nitrogens with one attached hydrogen (secondary N) is 2. The topological polar surface area (TPSA) is 61.4 Å². The third-order valence-electron chi connectivity index (χ3n) is 3.15. The van der Waals surface area contributed by atoms with Crippen LogP contribution in [0.15, 0.2) is 18.2 Å². The van der Waals surface area contributed by atoms with Crippen LogP contribution >= 0.6 is 0 Å². The van der Waals surface area contributed by atoms with E-state index in [0.29, 0.717) is 18.5 Å². The number of aliphatic hydroxyl groups is 1. The summed E-state index contributed by atoms with van der Waals surface area (Å²) in [5, 5.41) is 15.3. The lowest BCUT2D eigenvalue weighted by molar-refractivity contribution is 0.0945. The average Bonchev–Trinajstić information content (AvgIpc) is 2.37. The normalized spacial score (nSPS) is 15.4. The number of anilines is 1. The van der Waals surface area contributed by atoms with Crippen LogP contribution in [-0.4, -0.2) is 30.2 Å². The van der Waals surface area contributed by atoms with Crippen LogP contribution in [0.1, 0.15) is 35.7 Å². The molecule has 2 rings (SSSR count). The molecule has 1 heterocycles. The molecule has 18 heavy (non-hydrogen) atoms. The number of carbonyl (C=O) groups excluding carboxylic acids is 1. The second-order valence-electron chi connectivity index (χ2n) is 4.80. The third-order valence-corrected chi connectivity index (χ3v) is 3.15. The monoisotopic (exact) mass is 248 g/mol. The summed E-state index contributed by atoms with van der Waals surface area (Å²) in [5.74, 6) is -0.0657. The molecule has 1 amide bonds. The molecule has 0 aliphatic carbocycles. The van der Waals surface area contributed by atoms with Crippen molar-refractivity contribution < 1.29 is 9.90 Å². The smallest absolute Gasteiger partial charge is 0.251 e. The highest BCUT2D eigenvalue weighted by Crippen LogP contribution is 2.22. The molecule has 1 aromatic rings. The van der Waals surface area contributed by atoms with Gasteiger partial charge in [0.2, 0.25) is 0 Å². The number of carbonyl (C=O) groups is 1. The molecule has 1 aromatic carbocycles. The largest absolute Gasteiger partial charge is 0.393 e. The highest BCUT2D eigenvalue weighted by Gasteiger charge is 2.12. The quantitative estimate of drug-likeness (QED) is 0.757. The van der Waals surface area contributed by atoms with Gasteiger partial charge in [-0.25, -0.2) is 0 Å². The number of amides is 1. The van der Waals surface area contributed by atoms with Gasteiger partial charge in [-0.3, -0.25) is 4.79 Å². The maximum absolute atomic E-state index is 11.9. The fraction of sp³-hybridized carbons (Fsp3) is 0.500. The molecular formula is C14H20N2O2. The summed E-state index contributed by atoms with van der Waals surface area (Å²) in [6.07, 6.45) is 2.34. The van der Waals surface area contributed by atoms with E-state index in [4.69, 9.17) is 5.11 Å². The Hall–Kier alpha value is -1.55. The Bertz CT molecular complexity index is 430. The minimum Gasteiger partial charge on any atom is -0.393 e. The maximum Gasteiger partial charge on any atom is 0.251 e. The number of hydrogen-bond acceptors (Lipinski definition) is 3. The summed E-state index contributed by atoms with van der Waals surface area (Å²) in [5.41, 5.74) is 3.05. The van der Waals surface area contributed by atoms with Crippen molar-refractivity contribution in [3.8, 4) is 0 Å². The summed E-state index contributed by atoms with van der Waals surface area (Å²) >= 11 is 0. The Kier molecular flexibility index (Phi) is 4.20. The lowest BCUT2D eigenvalue weighted by atomic mass is 10.0. The lowest BCUT2D eigenvalue weighted by Gasteiger charge is -2.18. The molecule has 0 spiro atoms. The first-order valence-electron chi connectivity index (χ1n) is 6.50. The molecule has 4 heteroatoms. The number of aliphatic hydroxyl groups excluding tert-OH is 1. The molecular weight excluding hydrogens is 228 g/mol. The first-order valence-corrected chi connectivity index (χ1v) is 6.50. The van der Waals surface area contributed by atoms with Gasteiger partial charge in [0.15, 0.2) is 0 Å². The molecule has 0 saturated carbocycles. The van der Waals surface area contributed by atoms with Crippen molar-refractivity contribution in [3.63, 3.8) is 0 Å². The number of benzene rings is 1. The van der Waals surface area contributed by atoms with Crippen LogP contribution in [0, 0.1) is 0 Å². The Labute approximate surface area is 107 Å². The van der Waals surface area contributed by atoms with Crippen molar-refractivity contribution in [3.05, 3.63) is 29.3 Å². The zero-order chi connectivity index (χ0) is 13.0. The third kappa shape index (κ3) is 3.23. The van der Waals surface area contributed by atoms with Crippen molar-refractivity contribution in [2.45, 2.75) is 32.3 Å². The van der Waals surface area contributed by atoms with Gasteiger partial charge in [0.05, 0.1) is 6.10 Å². The molecule has 0 bridgehead atoms. The number of hydrogen-bond donors (Lipinski definition) is 3. The minimum atomic E-state index is -0.377. The average molecular weight is 248 g/mol. The van der Waals surface area contributed by atoms with Gasteiger partial charge >= 0.3 is 0 Å². The molecule has 0 saturated heterocycles. The van der Waals surface area contributed by atoms with Crippen molar-refractivity contribution in [1.29, 1.82) is 0 Å². The Morgan fingerprint density at radius 1 is 1.56 bits per heavy atom. The fourth-order valence-electron chi connectivity index (χ4n) is 2.11. The minimum absolute atomic E-state index is 0.0657. The first-order chi connectivity index (χ1) is 8.66. The van der Waals surface area contributed by atoms with E-state index in [2.05, 4.69) is 10.6 Å². The fourth-order valence-corrected chi connectivity index (χ4v) is 2.11. The van der Waals surface area contributed by atoms with Crippen molar-refractivity contribution >= 4 is 11.6 Å². The second-order valence-corrected chi connectivity index (χ2v) is 4.80. The summed E-state index contributed by atoms with van der Waals surface area (Å²) in [4.78, 5) is 11.9. The number of rotatable bonds is 4. The second kappa shape index (κ2) is 5.87. The zero-order valence-electron chi connectivity index (χ0n) is 10.7. The standard InChI is InChI=1S/C14H20N2O2/c1-10(17)6-8-16-14(18)12-4-5-13-11(9-12)3-2-7-15-13/h4-5,9-10,15,17H,2-3,6-8H2,1H3,(H,16,18). The van der Waals surface area contributed by atoms with Gasteiger partial charge < -0.3 is 15.7 Å². The van der Waals surface area contributed by atoms with E-state index >= 15 is 0 Å². The van der Waals surface area contributed by atoms with Gasteiger partial charge in [0, 0.05) is 24.3 Å². The summed E-state index contributed by atoms with van der Waals surface area (Å²) in [7, 11) is 0. The zero-order valence-corrected chi connectivity index (χ0v) is 10.7. The molecule has 0 aromatic heterocycles. The van der Waals surface area contributed by atoms with E-state index in [0.717, 1.165) is 25.1 Å². The van der Waals surface area contributed by atoms with Crippen molar-refractivity contribution in [2.75, 3.05) is 18.4 Å². The van der Waals surface area contributed by atoms with Gasteiger partial charge in [0.1, 0.15) is 0 Å². The van der Waals surface area contributed by atoms with Gasteiger partial charge in [0.25, 0.3) is 5.91 Å². The van der Waals surface area contributed by atoms with E-state index in [1.807, 2.05) is 18.2 Å². The van der Waals surface area contributed by atoms with Crippen LogP contribution < -0.4 is 10.6 Å². The van der Waals surface area contributed by atoms with Gasteiger partial charge in [-0.2, -0.15) is 0 Å². The first kappa shape index (κ1) is 12.9. The van der Waals surface area contributed by atoms with Gasteiger partial charge in [-0.1, -0.05) is 0 Å². The lowest BCUT2D eigenvalue weighted by Crippen LogP contribution is -2.26. The van der Waals surface area contributed by atoms with Crippen LogP contribution in [0.3, 0.4) is 0 Å². The molecule has 1 aliphatic rings. The molecule has 1 atom stereocenters. The summed E-state index contributed by atoms with van der Waals surface area (Å²) < 4.78 is 0. The Balaban J connectivity index is 1.98. The van der Waals surface area contributed by atoms with Crippen molar-refractivity contribution in [2.24, 2.45) is 0 Å². The summed E-state index contributed by atoms with van der Waals surface area (Å²) in [6, 6.07) is 5.77. The predicted molar refractivity (Wildman–Crippen MR) is 71.9 cm³/mol. The van der Waals surface area contributed by atoms with Crippen molar-refractivity contribution in [1.82, 2.24) is 5.32 Å². The Morgan fingerprint density at radius 3 is 3.17 bits per heavy atom. The molecule has 1 unspecified atom stereocenters. The maximum atomic E-state index is 11.9. The van der Waals surface area contributed by atoms with E-state index in [1.165, 1.54) is 5.56 Å². The molecule has 98 valence electrons. The van der Waals surface area contributed by atoms with Gasteiger partial charge in [-0.05, 0) is 49.9 Å². The van der Waals surface area contributed by atoms with Crippen LogP contribution in [0.25, 0.3) is 0 Å². The highest BCUT2D eigenvalue weighted by atomic mass is 16.3. The highest BCUT2D eigenvalue weighted by molar-refractivity contribution is 5.94. The molecule has 0 fully saturated rings. The predicted octanol–water partition coefficient (Wildman–Crippen LogP) is 1.55. The van der Waals surface area contributed by atoms with Crippen LogP contribution in [0.5, 0.6) is 0 Å². The molecule has 1 aliphatic heterocycles. The number of aryl methyl sites for hydroxylation is 1. The molecule has 4 nitrogen and oxygen atoms in total. The van der Waals surface area contributed by atoms with E-state index < -0.39 is 0 Å². The van der Waals surface area contributed by atoms with Crippen LogP contribution in [-0.2, 0) is 6.42 Å².